The minimum Gasteiger partial charge on any atom is -0.495 e. The molecule has 9 heteroatoms. The van der Waals surface area contributed by atoms with Crippen molar-refractivity contribution in [3.05, 3.63) is 18.2 Å². The molecule has 9 nitrogen and oxygen atoms in total. The molecule has 2 atom stereocenters. The van der Waals surface area contributed by atoms with Crippen LogP contribution >= 0.6 is 0 Å². The number of carbonyl (C=O) groups is 4. The highest BCUT2D eigenvalue weighted by Crippen LogP contribution is 2.46. The highest BCUT2D eigenvalue weighted by Gasteiger charge is 2.56. The quantitative estimate of drug-likeness (QED) is 0.642. The van der Waals surface area contributed by atoms with Crippen molar-refractivity contribution in [1.29, 1.82) is 0 Å². The monoisotopic (exact) mass is 470 g/mol. The number of hydrogen-bond acceptors (Lipinski definition) is 5. The highest BCUT2D eigenvalue weighted by molar-refractivity contribution is 6.10. The van der Waals surface area contributed by atoms with Crippen molar-refractivity contribution < 1.29 is 23.9 Å². The van der Waals surface area contributed by atoms with Crippen LogP contribution in [0.2, 0.25) is 0 Å². The molecule has 1 aliphatic carbocycles. The summed E-state index contributed by atoms with van der Waals surface area (Å²) >= 11 is 0. The van der Waals surface area contributed by atoms with E-state index in [0.29, 0.717) is 42.9 Å². The second-order valence-electron chi connectivity index (χ2n) is 10.7. The van der Waals surface area contributed by atoms with Crippen molar-refractivity contribution in [3.63, 3.8) is 0 Å². The largest absolute Gasteiger partial charge is 0.495 e. The van der Waals surface area contributed by atoms with Crippen LogP contribution in [0.25, 0.3) is 0 Å². The molecule has 1 saturated carbocycles. The highest BCUT2D eigenvalue weighted by atomic mass is 16.5. The molecule has 0 bridgehead atoms. The van der Waals surface area contributed by atoms with Crippen LogP contribution in [0.3, 0.4) is 0 Å². The maximum atomic E-state index is 13.3. The van der Waals surface area contributed by atoms with Gasteiger partial charge in [-0.2, -0.15) is 0 Å². The Balaban J connectivity index is 1.48. The van der Waals surface area contributed by atoms with E-state index in [-0.39, 0.29) is 29.7 Å². The van der Waals surface area contributed by atoms with Crippen molar-refractivity contribution in [1.82, 2.24) is 10.2 Å². The smallest absolute Gasteiger partial charge is 0.325 e. The molecule has 34 heavy (non-hydrogen) atoms. The number of amides is 5. The van der Waals surface area contributed by atoms with Crippen molar-refractivity contribution in [2.24, 2.45) is 11.3 Å². The van der Waals surface area contributed by atoms with Crippen LogP contribution < -0.4 is 20.3 Å². The number of carbonyl (C=O) groups excluding carboxylic acids is 4. The molecule has 3 aliphatic rings. The summed E-state index contributed by atoms with van der Waals surface area (Å²) in [5.74, 6) is 0.0315. The summed E-state index contributed by atoms with van der Waals surface area (Å²) in [6.45, 7) is 6.52. The van der Waals surface area contributed by atoms with Gasteiger partial charge in [0.2, 0.25) is 11.8 Å². The molecule has 5 amide bonds. The summed E-state index contributed by atoms with van der Waals surface area (Å²) < 4.78 is 5.42. The van der Waals surface area contributed by atoms with Crippen LogP contribution in [0.15, 0.2) is 18.2 Å². The van der Waals surface area contributed by atoms with E-state index in [9.17, 15) is 19.2 Å². The predicted molar refractivity (Wildman–Crippen MR) is 128 cm³/mol. The Kier molecular flexibility index (Phi) is 6.31. The Morgan fingerprint density at radius 1 is 1.21 bits per heavy atom. The van der Waals surface area contributed by atoms with E-state index in [1.54, 1.807) is 23.1 Å². The number of imide groups is 1. The molecule has 1 aromatic rings. The van der Waals surface area contributed by atoms with Gasteiger partial charge in [0, 0.05) is 18.7 Å². The molecule has 2 unspecified atom stereocenters. The van der Waals surface area contributed by atoms with Gasteiger partial charge in [-0.25, -0.2) is 4.79 Å². The van der Waals surface area contributed by atoms with Crippen LogP contribution in [-0.2, 0) is 14.4 Å². The van der Waals surface area contributed by atoms with Gasteiger partial charge >= 0.3 is 6.03 Å². The zero-order valence-corrected chi connectivity index (χ0v) is 20.4. The third kappa shape index (κ3) is 4.60. The number of rotatable bonds is 5. The molecule has 2 saturated heterocycles. The van der Waals surface area contributed by atoms with Gasteiger partial charge in [0.15, 0.2) is 0 Å². The van der Waals surface area contributed by atoms with Crippen molar-refractivity contribution in [2.45, 2.75) is 64.8 Å². The maximum Gasteiger partial charge on any atom is 0.325 e. The number of anilines is 2. The number of ether oxygens (including phenoxy) is 1. The Labute approximate surface area is 200 Å². The van der Waals surface area contributed by atoms with Gasteiger partial charge in [-0.3, -0.25) is 19.3 Å². The van der Waals surface area contributed by atoms with Crippen molar-refractivity contribution >= 4 is 35.1 Å². The number of benzene rings is 1. The summed E-state index contributed by atoms with van der Waals surface area (Å²) in [4.78, 5) is 53.9. The van der Waals surface area contributed by atoms with Gasteiger partial charge in [0.25, 0.3) is 5.91 Å². The van der Waals surface area contributed by atoms with Gasteiger partial charge in [-0.15, -0.1) is 0 Å². The predicted octanol–water partition coefficient (Wildman–Crippen LogP) is 3.29. The van der Waals surface area contributed by atoms with Crippen molar-refractivity contribution in [2.75, 3.05) is 30.4 Å². The molecule has 0 aromatic heterocycles. The van der Waals surface area contributed by atoms with Crippen LogP contribution in [0.4, 0.5) is 16.2 Å². The van der Waals surface area contributed by atoms with Crippen molar-refractivity contribution in [3.8, 4) is 5.75 Å². The lowest BCUT2D eigenvalue weighted by molar-refractivity contribution is -0.136. The molecular formula is C25H34N4O5. The van der Waals surface area contributed by atoms with E-state index in [4.69, 9.17) is 4.74 Å². The molecule has 2 heterocycles. The number of piperidine rings is 1. The molecule has 2 aliphatic heterocycles. The summed E-state index contributed by atoms with van der Waals surface area (Å²) in [5, 5.41) is 5.66. The molecule has 4 rings (SSSR count). The molecule has 3 fully saturated rings. The lowest BCUT2D eigenvalue weighted by Crippen LogP contribution is -2.54. The Morgan fingerprint density at radius 2 is 1.97 bits per heavy atom. The average molecular weight is 471 g/mol. The first-order valence-corrected chi connectivity index (χ1v) is 12.0. The first kappa shape index (κ1) is 24.0. The normalized spacial score (nSPS) is 26.6. The van der Waals surface area contributed by atoms with Crippen LogP contribution in [0.1, 0.15) is 59.3 Å². The third-order valence-electron chi connectivity index (χ3n) is 7.00. The maximum absolute atomic E-state index is 13.3. The van der Waals surface area contributed by atoms with Gasteiger partial charge in [0.05, 0.1) is 12.8 Å². The Morgan fingerprint density at radius 3 is 2.65 bits per heavy atom. The third-order valence-corrected chi connectivity index (χ3v) is 7.00. The summed E-state index contributed by atoms with van der Waals surface area (Å²) in [6.07, 6.45) is 4.34. The van der Waals surface area contributed by atoms with E-state index in [0.717, 1.165) is 24.2 Å². The molecule has 1 aromatic carbocycles. The molecule has 2 N–H and O–H groups in total. The summed E-state index contributed by atoms with van der Waals surface area (Å²) in [7, 11) is 1.53. The minimum absolute atomic E-state index is 0.0160. The van der Waals surface area contributed by atoms with Gasteiger partial charge in [0.1, 0.15) is 17.8 Å². The number of hydrogen-bond donors (Lipinski definition) is 2. The Bertz CT molecular complexity index is 1020. The van der Waals surface area contributed by atoms with E-state index in [1.165, 1.54) is 7.11 Å². The van der Waals surface area contributed by atoms with Gasteiger partial charge in [-0.05, 0) is 61.6 Å². The first-order chi connectivity index (χ1) is 16.0. The second-order valence-corrected chi connectivity index (χ2v) is 10.7. The second kappa shape index (κ2) is 8.92. The lowest BCUT2D eigenvalue weighted by atomic mass is 9.64. The lowest BCUT2D eigenvalue weighted by Gasteiger charge is -2.43. The Hall–Kier alpha value is -3.10. The molecule has 0 radical (unpaired) electrons. The fourth-order valence-electron chi connectivity index (χ4n) is 6.03. The standard InChI is InChI=1S/C25H34N4O5/c1-16-12-24(2,3)15-25(13-16)22(32)29(23(33)27-25)14-20(30)26-17-8-9-19(34-4)18(11-17)28-10-6-5-7-21(28)31/h8-9,11,16H,5-7,10,12-15H2,1-4H3,(H,26,30)(H,27,33). The van der Waals surface area contributed by atoms with E-state index in [2.05, 4.69) is 31.4 Å². The van der Waals surface area contributed by atoms with Crippen LogP contribution in [0, 0.1) is 11.3 Å². The summed E-state index contributed by atoms with van der Waals surface area (Å²) in [6, 6.07) is 4.53. The molecule has 184 valence electrons. The van der Waals surface area contributed by atoms with E-state index < -0.39 is 17.5 Å². The SMILES string of the molecule is COc1ccc(NC(=O)CN2C(=O)NC3(CC(C)CC(C)(C)C3)C2=O)cc1N1CCCCC1=O. The first-order valence-electron chi connectivity index (χ1n) is 12.0. The van der Waals surface area contributed by atoms with E-state index >= 15 is 0 Å². The average Bonchev–Trinajstić information content (AvgIpc) is 2.95. The van der Waals surface area contributed by atoms with Gasteiger partial charge < -0.3 is 20.3 Å². The summed E-state index contributed by atoms with van der Waals surface area (Å²) in [5.41, 5.74) is 0.0377. The fraction of sp³-hybridized carbons (Fsp3) is 0.600. The minimum atomic E-state index is -0.944. The molecule has 1 spiro atoms. The van der Waals surface area contributed by atoms with Crippen LogP contribution in [-0.4, -0.2) is 54.4 Å². The van der Waals surface area contributed by atoms with Crippen LogP contribution in [0.5, 0.6) is 5.75 Å². The number of nitrogens with zero attached hydrogens (tertiary/aromatic N) is 2. The number of nitrogens with one attached hydrogen (secondary N) is 2. The number of methoxy groups -OCH3 is 1. The van der Waals surface area contributed by atoms with E-state index in [1.807, 2.05) is 0 Å². The zero-order valence-electron chi connectivity index (χ0n) is 20.4. The zero-order chi connectivity index (χ0) is 24.7. The molecular weight excluding hydrogens is 436 g/mol. The number of urea groups is 1. The topological polar surface area (TPSA) is 108 Å². The van der Waals surface area contributed by atoms with Gasteiger partial charge in [-0.1, -0.05) is 20.8 Å². The fourth-order valence-corrected chi connectivity index (χ4v) is 6.03.